The van der Waals surface area contributed by atoms with Crippen LogP contribution < -0.4 is 4.74 Å². The zero-order valence-corrected chi connectivity index (χ0v) is 17.9. The summed E-state index contributed by atoms with van der Waals surface area (Å²) in [6.07, 6.45) is 1.91. The lowest BCUT2D eigenvalue weighted by molar-refractivity contribution is -0.145. The standard InChI is InChI=1S/C25H23N3O4/c1-17-7-6-10-21(26-17)23(29)12-19-11-20-14-28(27-22(20)13-24(19)31-2)15-25(30)32-16-18-8-4-3-5-9-18/h3-11,13-14H,12,15-16H2,1-2H3. The largest absolute Gasteiger partial charge is 0.496 e. The fraction of sp³-hybridized carbons (Fsp3) is 0.200. The number of ether oxygens (including phenoxy) is 2. The van der Waals surface area contributed by atoms with Gasteiger partial charge in [-0.3, -0.25) is 19.3 Å². The molecule has 0 fully saturated rings. The Morgan fingerprint density at radius 3 is 2.59 bits per heavy atom. The first-order valence-electron chi connectivity index (χ1n) is 10.2. The second-order valence-corrected chi connectivity index (χ2v) is 7.46. The monoisotopic (exact) mass is 429 g/mol. The molecule has 0 saturated heterocycles. The van der Waals surface area contributed by atoms with Crippen molar-refractivity contribution in [1.29, 1.82) is 0 Å². The van der Waals surface area contributed by atoms with Gasteiger partial charge < -0.3 is 9.47 Å². The molecule has 0 spiro atoms. The molecule has 7 heteroatoms. The van der Waals surface area contributed by atoms with Crippen molar-refractivity contribution >= 4 is 22.7 Å². The summed E-state index contributed by atoms with van der Waals surface area (Å²) in [6, 6.07) is 18.5. The van der Waals surface area contributed by atoms with Crippen LogP contribution in [-0.4, -0.2) is 33.6 Å². The third-order valence-electron chi connectivity index (χ3n) is 5.01. The van der Waals surface area contributed by atoms with Crippen molar-refractivity contribution in [1.82, 2.24) is 14.8 Å². The average molecular weight is 429 g/mol. The van der Waals surface area contributed by atoms with Crippen LogP contribution in [0, 0.1) is 6.92 Å². The second-order valence-electron chi connectivity index (χ2n) is 7.46. The highest BCUT2D eigenvalue weighted by Gasteiger charge is 2.15. The summed E-state index contributed by atoms with van der Waals surface area (Å²) < 4.78 is 12.3. The number of methoxy groups -OCH3 is 1. The van der Waals surface area contributed by atoms with Gasteiger partial charge in [-0.1, -0.05) is 36.4 Å². The van der Waals surface area contributed by atoms with Crippen molar-refractivity contribution in [2.24, 2.45) is 0 Å². The number of rotatable bonds is 8. The molecule has 2 aromatic heterocycles. The lowest BCUT2D eigenvalue weighted by Gasteiger charge is -2.08. The summed E-state index contributed by atoms with van der Waals surface area (Å²) in [6.45, 7) is 2.06. The molecule has 0 bridgehead atoms. The van der Waals surface area contributed by atoms with Gasteiger partial charge in [-0.05, 0) is 30.7 Å². The summed E-state index contributed by atoms with van der Waals surface area (Å²) in [5, 5.41) is 5.25. The van der Waals surface area contributed by atoms with Crippen LogP contribution in [0.15, 0.2) is 66.9 Å². The van der Waals surface area contributed by atoms with Crippen LogP contribution in [0.5, 0.6) is 5.75 Å². The maximum Gasteiger partial charge on any atom is 0.328 e. The number of aromatic nitrogens is 3. The number of carbonyl (C=O) groups excluding carboxylic acids is 2. The molecular weight excluding hydrogens is 406 g/mol. The SMILES string of the molecule is COc1cc2nn(CC(=O)OCc3ccccc3)cc2cc1CC(=O)c1cccc(C)n1. The summed E-state index contributed by atoms with van der Waals surface area (Å²) >= 11 is 0. The molecule has 0 unspecified atom stereocenters. The zero-order valence-electron chi connectivity index (χ0n) is 17.9. The molecule has 2 heterocycles. The number of fused-ring (bicyclic) bond motifs is 1. The van der Waals surface area contributed by atoms with Crippen LogP contribution in [0.1, 0.15) is 27.3 Å². The normalized spacial score (nSPS) is 10.8. The molecule has 0 radical (unpaired) electrons. The van der Waals surface area contributed by atoms with Crippen molar-refractivity contribution in [2.45, 2.75) is 26.5 Å². The number of ketones is 1. The van der Waals surface area contributed by atoms with Gasteiger partial charge in [-0.25, -0.2) is 0 Å². The van der Waals surface area contributed by atoms with Gasteiger partial charge in [0.05, 0.1) is 12.6 Å². The van der Waals surface area contributed by atoms with Gasteiger partial charge >= 0.3 is 5.97 Å². The third-order valence-corrected chi connectivity index (χ3v) is 5.01. The van der Waals surface area contributed by atoms with Crippen molar-refractivity contribution in [2.75, 3.05) is 7.11 Å². The van der Waals surface area contributed by atoms with E-state index in [1.807, 2.05) is 55.5 Å². The minimum Gasteiger partial charge on any atom is -0.496 e. The molecule has 2 aromatic carbocycles. The number of Topliss-reactive ketones (excluding diaryl/α,β-unsaturated/α-hetero) is 1. The maximum absolute atomic E-state index is 12.7. The van der Waals surface area contributed by atoms with E-state index in [2.05, 4.69) is 10.1 Å². The topological polar surface area (TPSA) is 83.3 Å². The Labute approximate surface area is 185 Å². The summed E-state index contributed by atoms with van der Waals surface area (Å²) in [4.78, 5) is 29.2. The van der Waals surface area contributed by atoms with Gasteiger partial charge in [0.2, 0.25) is 0 Å². The Kier molecular flexibility index (Phi) is 6.26. The third kappa shape index (κ3) is 5.00. The highest BCUT2D eigenvalue weighted by atomic mass is 16.5. The summed E-state index contributed by atoms with van der Waals surface area (Å²) in [7, 11) is 1.55. The fourth-order valence-electron chi connectivity index (χ4n) is 3.44. The second kappa shape index (κ2) is 9.43. The van der Waals surface area contributed by atoms with Gasteiger partial charge in [0.15, 0.2) is 5.78 Å². The van der Waals surface area contributed by atoms with Crippen LogP contribution in [0.4, 0.5) is 0 Å². The number of hydrogen-bond donors (Lipinski definition) is 0. The van der Waals surface area contributed by atoms with Crippen molar-refractivity contribution in [3.05, 3.63) is 89.4 Å². The van der Waals surface area contributed by atoms with Gasteiger partial charge in [0, 0.05) is 35.3 Å². The van der Waals surface area contributed by atoms with Crippen molar-refractivity contribution in [3.8, 4) is 5.75 Å². The molecule has 4 rings (SSSR count). The van der Waals surface area contributed by atoms with E-state index >= 15 is 0 Å². The Morgan fingerprint density at radius 1 is 1.03 bits per heavy atom. The molecule has 4 aromatic rings. The molecule has 0 aliphatic carbocycles. The molecule has 0 saturated carbocycles. The Morgan fingerprint density at radius 2 is 1.84 bits per heavy atom. The van der Waals surface area contributed by atoms with Crippen LogP contribution in [0.2, 0.25) is 0 Å². The van der Waals surface area contributed by atoms with E-state index < -0.39 is 0 Å². The number of esters is 1. The van der Waals surface area contributed by atoms with Crippen LogP contribution in [0.25, 0.3) is 10.9 Å². The number of carbonyl (C=O) groups is 2. The average Bonchev–Trinajstić information content (AvgIpc) is 3.18. The fourth-order valence-corrected chi connectivity index (χ4v) is 3.44. The van der Waals surface area contributed by atoms with Gasteiger partial charge in [-0.15, -0.1) is 0 Å². The van der Waals surface area contributed by atoms with E-state index in [4.69, 9.17) is 9.47 Å². The highest BCUT2D eigenvalue weighted by molar-refractivity contribution is 5.97. The molecule has 32 heavy (non-hydrogen) atoms. The van der Waals surface area contributed by atoms with Crippen molar-refractivity contribution in [3.63, 3.8) is 0 Å². The number of aryl methyl sites for hydroxylation is 1. The Bertz CT molecular complexity index is 1260. The lowest BCUT2D eigenvalue weighted by Crippen LogP contribution is -2.13. The molecule has 7 nitrogen and oxygen atoms in total. The van der Waals surface area contributed by atoms with Gasteiger partial charge in [-0.2, -0.15) is 5.10 Å². The van der Waals surface area contributed by atoms with E-state index in [-0.39, 0.29) is 31.3 Å². The van der Waals surface area contributed by atoms with Gasteiger partial charge in [0.1, 0.15) is 24.6 Å². The maximum atomic E-state index is 12.7. The van der Waals surface area contributed by atoms with Crippen LogP contribution >= 0.6 is 0 Å². The molecule has 0 aliphatic heterocycles. The summed E-state index contributed by atoms with van der Waals surface area (Å²) in [5.74, 6) is 0.0909. The first-order valence-corrected chi connectivity index (χ1v) is 10.2. The number of benzene rings is 2. The quantitative estimate of drug-likeness (QED) is 0.312. The minimum atomic E-state index is -0.380. The van der Waals surface area contributed by atoms with Crippen molar-refractivity contribution < 1.29 is 19.1 Å². The lowest BCUT2D eigenvalue weighted by atomic mass is 10.0. The minimum absolute atomic E-state index is 0.00863. The zero-order chi connectivity index (χ0) is 22.5. The predicted octanol–water partition coefficient (Wildman–Crippen LogP) is 3.92. The first-order chi connectivity index (χ1) is 15.5. The van der Waals surface area contributed by atoms with E-state index in [0.717, 1.165) is 22.2 Å². The smallest absolute Gasteiger partial charge is 0.328 e. The first kappa shape index (κ1) is 21.2. The number of pyridine rings is 1. The van der Waals surface area contributed by atoms with E-state index in [1.165, 1.54) is 4.68 Å². The molecule has 0 N–H and O–H groups in total. The number of hydrogen-bond acceptors (Lipinski definition) is 6. The van der Waals surface area contributed by atoms with E-state index in [9.17, 15) is 9.59 Å². The Hall–Kier alpha value is -4.00. The summed E-state index contributed by atoms with van der Waals surface area (Å²) in [5.41, 5.74) is 3.54. The highest BCUT2D eigenvalue weighted by Crippen LogP contribution is 2.26. The molecule has 162 valence electrons. The van der Waals surface area contributed by atoms with Gasteiger partial charge in [0.25, 0.3) is 0 Å². The number of nitrogens with zero attached hydrogens (tertiary/aromatic N) is 3. The van der Waals surface area contributed by atoms with Crippen LogP contribution in [0.3, 0.4) is 0 Å². The molecule has 0 atom stereocenters. The Balaban J connectivity index is 1.49. The molecule has 0 amide bonds. The van der Waals surface area contributed by atoms with E-state index in [0.29, 0.717) is 17.0 Å². The predicted molar refractivity (Wildman–Crippen MR) is 120 cm³/mol. The van der Waals surface area contributed by atoms with E-state index in [1.54, 1.807) is 25.4 Å². The van der Waals surface area contributed by atoms with Crippen LogP contribution in [-0.2, 0) is 29.1 Å². The molecular formula is C25H23N3O4. The molecule has 0 aliphatic rings.